The SMILES string of the molecule is CC(C)C[C@H](NC(=O)[C@H](C)NC(=O)[C@@H](N)Cc1cnc[nH]1)C(=O)N[C@@H](CCC(=O)O)C(=O)O. The minimum absolute atomic E-state index is 0.0314. The Morgan fingerprint density at radius 1 is 1.00 bits per heavy atom. The monoisotopic (exact) mass is 468 g/mol. The summed E-state index contributed by atoms with van der Waals surface area (Å²) in [5.41, 5.74) is 6.50. The topological polar surface area (TPSA) is 217 Å². The molecule has 1 rings (SSSR count). The van der Waals surface area contributed by atoms with Crippen molar-refractivity contribution >= 4 is 29.7 Å². The third kappa shape index (κ3) is 10.1. The van der Waals surface area contributed by atoms with Gasteiger partial charge >= 0.3 is 11.9 Å². The standard InChI is InChI=1S/C20H32N6O7/c1-10(2)6-15(19(31)25-14(20(32)33)4-5-16(27)28)26-17(29)11(3)24-18(30)13(21)7-12-8-22-9-23-12/h8-11,13-15H,4-7,21H2,1-3H3,(H,22,23)(H,24,30)(H,25,31)(H,26,29)(H,27,28)(H,32,33)/t11-,13-,14-,15-/m0/s1. The van der Waals surface area contributed by atoms with Crippen molar-refractivity contribution in [2.75, 3.05) is 0 Å². The molecular weight excluding hydrogens is 436 g/mol. The number of nitrogens with one attached hydrogen (secondary N) is 4. The molecule has 1 heterocycles. The molecule has 0 unspecified atom stereocenters. The van der Waals surface area contributed by atoms with Crippen molar-refractivity contribution in [3.63, 3.8) is 0 Å². The molecule has 13 heteroatoms. The Balaban J connectivity index is 2.73. The Morgan fingerprint density at radius 3 is 2.15 bits per heavy atom. The summed E-state index contributed by atoms with van der Waals surface area (Å²) in [5, 5.41) is 25.3. The number of hydrogen-bond acceptors (Lipinski definition) is 7. The number of carbonyl (C=O) groups is 5. The second-order valence-corrected chi connectivity index (χ2v) is 8.14. The van der Waals surface area contributed by atoms with Crippen molar-refractivity contribution in [3.05, 3.63) is 18.2 Å². The maximum Gasteiger partial charge on any atom is 0.326 e. The lowest BCUT2D eigenvalue weighted by atomic mass is 10.0. The number of rotatable bonds is 14. The molecule has 13 nitrogen and oxygen atoms in total. The Kier molecular flexibility index (Phi) is 11.0. The van der Waals surface area contributed by atoms with Crippen molar-refractivity contribution in [2.24, 2.45) is 11.7 Å². The van der Waals surface area contributed by atoms with E-state index in [1.54, 1.807) is 0 Å². The van der Waals surface area contributed by atoms with Crippen molar-refractivity contribution < 1.29 is 34.2 Å². The summed E-state index contributed by atoms with van der Waals surface area (Å²) in [7, 11) is 0. The van der Waals surface area contributed by atoms with E-state index in [0.29, 0.717) is 5.69 Å². The predicted molar refractivity (Wildman–Crippen MR) is 116 cm³/mol. The number of aromatic nitrogens is 2. The summed E-state index contributed by atoms with van der Waals surface area (Å²) in [6.07, 6.45) is 2.61. The van der Waals surface area contributed by atoms with E-state index in [9.17, 15) is 29.1 Å². The highest BCUT2D eigenvalue weighted by atomic mass is 16.4. The molecule has 33 heavy (non-hydrogen) atoms. The van der Waals surface area contributed by atoms with E-state index in [2.05, 4.69) is 25.9 Å². The number of imidazole rings is 1. The molecule has 0 aliphatic heterocycles. The van der Waals surface area contributed by atoms with Crippen LogP contribution in [0.2, 0.25) is 0 Å². The first kappa shape index (κ1) is 27.6. The fraction of sp³-hybridized carbons (Fsp3) is 0.600. The Labute approximate surface area is 190 Å². The normalized spacial score (nSPS) is 14.6. The molecule has 3 amide bonds. The summed E-state index contributed by atoms with van der Waals surface area (Å²) in [6, 6.07) is -4.45. The fourth-order valence-electron chi connectivity index (χ4n) is 2.91. The van der Waals surface area contributed by atoms with E-state index < -0.39 is 60.2 Å². The van der Waals surface area contributed by atoms with E-state index in [0.717, 1.165) is 0 Å². The van der Waals surface area contributed by atoms with Crippen LogP contribution in [-0.2, 0) is 30.4 Å². The maximum absolute atomic E-state index is 12.7. The van der Waals surface area contributed by atoms with E-state index in [-0.39, 0.29) is 25.2 Å². The van der Waals surface area contributed by atoms with Crippen molar-refractivity contribution in [1.82, 2.24) is 25.9 Å². The zero-order valence-corrected chi connectivity index (χ0v) is 18.8. The number of nitrogens with two attached hydrogens (primary N) is 1. The molecule has 0 saturated carbocycles. The molecule has 4 atom stereocenters. The van der Waals surface area contributed by atoms with Crippen LogP contribution in [0.5, 0.6) is 0 Å². The summed E-state index contributed by atoms with van der Waals surface area (Å²) in [5.74, 6) is -4.60. The first-order chi connectivity index (χ1) is 15.4. The maximum atomic E-state index is 12.7. The molecule has 0 fully saturated rings. The van der Waals surface area contributed by atoms with Gasteiger partial charge in [-0.25, -0.2) is 9.78 Å². The van der Waals surface area contributed by atoms with Crippen LogP contribution in [0, 0.1) is 5.92 Å². The molecular formula is C20H32N6O7. The van der Waals surface area contributed by atoms with Gasteiger partial charge in [0.1, 0.15) is 18.1 Å². The highest BCUT2D eigenvalue weighted by Crippen LogP contribution is 2.07. The van der Waals surface area contributed by atoms with E-state index in [1.807, 2.05) is 13.8 Å². The van der Waals surface area contributed by atoms with Crippen LogP contribution in [0.25, 0.3) is 0 Å². The zero-order chi connectivity index (χ0) is 25.1. The number of hydrogen-bond donors (Lipinski definition) is 7. The van der Waals surface area contributed by atoms with Gasteiger partial charge in [0.25, 0.3) is 0 Å². The fourth-order valence-corrected chi connectivity index (χ4v) is 2.91. The number of amides is 3. The third-order valence-corrected chi connectivity index (χ3v) is 4.69. The first-order valence-corrected chi connectivity index (χ1v) is 10.5. The van der Waals surface area contributed by atoms with Crippen LogP contribution in [0.15, 0.2) is 12.5 Å². The molecule has 0 bridgehead atoms. The predicted octanol–water partition coefficient (Wildman–Crippen LogP) is -1.25. The third-order valence-electron chi connectivity index (χ3n) is 4.69. The molecule has 0 spiro atoms. The Hall–Kier alpha value is -3.48. The minimum atomic E-state index is -1.42. The van der Waals surface area contributed by atoms with Gasteiger partial charge in [-0.15, -0.1) is 0 Å². The van der Waals surface area contributed by atoms with Crippen LogP contribution < -0.4 is 21.7 Å². The van der Waals surface area contributed by atoms with Gasteiger partial charge in [0.05, 0.1) is 12.4 Å². The molecule has 0 radical (unpaired) electrons. The number of carboxylic acids is 2. The molecule has 1 aromatic rings. The second-order valence-electron chi connectivity index (χ2n) is 8.14. The van der Waals surface area contributed by atoms with Gasteiger partial charge in [-0.05, 0) is 25.7 Å². The van der Waals surface area contributed by atoms with Gasteiger partial charge < -0.3 is 36.9 Å². The van der Waals surface area contributed by atoms with Crippen LogP contribution >= 0.6 is 0 Å². The Bertz CT molecular complexity index is 827. The van der Waals surface area contributed by atoms with Crippen LogP contribution in [0.1, 0.15) is 45.7 Å². The van der Waals surface area contributed by atoms with Gasteiger partial charge in [0.15, 0.2) is 0 Å². The quantitative estimate of drug-likeness (QED) is 0.173. The van der Waals surface area contributed by atoms with E-state index >= 15 is 0 Å². The summed E-state index contributed by atoms with van der Waals surface area (Å²) in [6.45, 7) is 5.05. The van der Waals surface area contributed by atoms with Crippen molar-refractivity contribution in [2.45, 2.75) is 70.6 Å². The van der Waals surface area contributed by atoms with Gasteiger partial charge in [-0.1, -0.05) is 13.8 Å². The summed E-state index contributed by atoms with van der Waals surface area (Å²) < 4.78 is 0. The highest BCUT2D eigenvalue weighted by Gasteiger charge is 2.29. The van der Waals surface area contributed by atoms with Gasteiger partial charge in [0, 0.05) is 24.7 Å². The zero-order valence-electron chi connectivity index (χ0n) is 18.8. The van der Waals surface area contributed by atoms with Crippen molar-refractivity contribution in [3.8, 4) is 0 Å². The first-order valence-electron chi connectivity index (χ1n) is 10.5. The van der Waals surface area contributed by atoms with Gasteiger partial charge in [-0.3, -0.25) is 19.2 Å². The van der Waals surface area contributed by atoms with Crippen molar-refractivity contribution in [1.29, 1.82) is 0 Å². The number of aromatic amines is 1. The average molecular weight is 469 g/mol. The highest BCUT2D eigenvalue weighted by molar-refractivity contribution is 5.94. The van der Waals surface area contributed by atoms with Crippen LogP contribution in [0.4, 0.5) is 0 Å². The number of nitrogens with zero attached hydrogens (tertiary/aromatic N) is 1. The average Bonchev–Trinajstić information content (AvgIpc) is 3.22. The van der Waals surface area contributed by atoms with Gasteiger partial charge in [-0.2, -0.15) is 0 Å². The number of carboxylic acid groups (broad SMARTS) is 2. The number of carbonyl (C=O) groups excluding carboxylic acids is 3. The van der Waals surface area contributed by atoms with Crippen LogP contribution in [0.3, 0.4) is 0 Å². The van der Waals surface area contributed by atoms with Gasteiger partial charge in [0.2, 0.25) is 17.7 Å². The number of aliphatic carboxylic acids is 2. The van der Waals surface area contributed by atoms with E-state index in [1.165, 1.54) is 19.4 Å². The number of H-pyrrole nitrogens is 1. The van der Waals surface area contributed by atoms with E-state index in [4.69, 9.17) is 10.8 Å². The lowest BCUT2D eigenvalue weighted by Crippen LogP contribution is -2.56. The molecule has 0 aromatic carbocycles. The summed E-state index contributed by atoms with van der Waals surface area (Å²) in [4.78, 5) is 66.3. The molecule has 8 N–H and O–H groups in total. The lowest BCUT2D eigenvalue weighted by Gasteiger charge is -2.24. The Morgan fingerprint density at radius 2 is 1.64 bits per heavy atom. The molecule has 0 aliphatic carbocycles. The minimum Gasteiger partial charge on any atom is -0.481 e. The molecule has 0 saturated heterocycles. The van der Waals surface area contributed by atoms with Crippen LogP contribution in [-0.4, -0.2) is 74.0 Å². The summed E-state index contributed by atoms with van der Waals surface area (Å²) >= 11 is 0. The lowest BCUT2D eigenvalue weighted by molar-refractivity contribution is -0.143. The second kappa shape index (κ2) is 13.2. The molecule has 0 aliphatic rings. The molecule has 184 valence electrons. The largest absolute Gasteiger partial charge is 0.481 e. The molecule has 1 aromatic heterocycles. The smallest absolute Gasteiger partial charge is 0.326 e.